The van der Waals surface area contributed by atoms with E-state index in [1.54, 1.807) is 44.3 Å². The van der Waals surface area contributed by atoms with Gasteiger partial charge in [0.2, 0.25) is 0 Å². The molecule has 0 aliphatic rings. The van der Waals surface area contributed by atoms with Gasteiger partial charge in [-0.2, -0.15) is 18.8 Å². The number of ether oxygens (including phenoxy) is 1. The third kappa shape index (κ3) is 7.03. The summed E-state index contributed by atoms with van der Waals surface area (Å²) in [4.78, 5) is 4.47. The van der Waals surface area contributed by atoms with Gasteiger partial charge in [-0.1, -0.05) is 12.1 Å². The SMILES string of the molecule is Cc1nc(-c2ccc(OC(F)(F)F)cc2)c(-c2cc(-c3cc(C)c(CO)c(F)c3)ccc2-n2ccc(C#N)n2)o1.O=S=O. The fourth-order valence-corrected chi connectivity index (χ4v) is 4.38. The number of nitrogens with zero attached hydrogens (tertiary/aromatic N) is 4. The first-order chi connectivity index (χ1) is 20.5. The Balaban J connectivity index is 0.00000135. The van der Waals surface area contributed by atoms with Crippen LogP contribution in [0.5, 0.6) is 5.75 Å². The molecule has 2 heterocycles. The molecule has 0 saturated heterocycles. The molecule has 220 valence electrons. The van der Waals surface area contributed by atoms with Gasteiger partial charge >= 0.3 is 17.9 Å². The summed E-state index contributed by atoms with van der Waals surface area (Å²) in [6.45, 7) is 2.90. The standard InChI is InChI=1S/C29H20F4N4O3.O2S/c1-16-11-20(13-25(30)24(16)15-38)19-5-8-26(37-10-9-21(14-34)36-37)23(12-19)28-27(35-17(2)39-28)18-3-6-22(7-4-18)40-29(31,32)33;1-3-2/h3-13,38H,15H2,1-2H3;. The monoisotopic (exact) mass is 612 g/mol. The van der Waals surface area contributed by atoms with E-state index in [1.165, 1.54) is 41.1 Å². The van der Waals surface area contributed by atoms with Crippen LogP contribution in [0, 0.1) is 31.0 Å². The molecule has 9 nitrogen and oxygen atoms in total. The van der Waals surface area contributed by atoms with Crippen molar-refractivity contribution in [1.82, 2.24) is 14.8 Å². The van der Waals surface area contributed by atoms with Gasteiger partial charge in [0, 0.05) is 29.8 Å². The number of rotatable bonds is 6. The minimum absolute atomic E-state index is 0.182. The molecule has 0 unspecified atom stereocenters. The first-order valence-electron chi connectivity index (χ1n) is 12.2. The number of halogens is 4. The Morgan fingerprint density at radius 1 is 1.02 bits per heavy atom. The average Bonchev–Trinajstić information content (AvgIpc) is 3.59. The highest BCUT2D eigenvalue weighted by atomic mass is 32.1. The number of nitriles is 1. The van der Waals surface area contributed by atoms with Crippen molar-refractivity contribution in [3.8, 4) is 51.2 Å². The number of benzene rings is 3. The van der Waals surface area contributed by atoms with E-state index in [4.69, 9.17) is 12.8 Å². The predicted octanol–water partition coefficient (Wildman–Crippen LogP) is 6.21. The van der Waals surface area contributed by atoms with Crippen LogP contribution in [0.2, 0.25) is 0 Å². The predicted molar refractivity (Wildman–Crippen MR) is 146 cm³/mol. The molecule has 2 aromatic heterocycles. The summed E-state index contributed by atoms with van der Waals surface area (Å²) in [5.74, 6) is -0.349. The summed E-state index contributed by atoms with van der Waals surface area (Å²) in [6.07, 6.45) is -3.23. The number of alkyl halides is 3. The van der Waals surface area contributed by atoms with Crippen molar-refractivity contribution >= 4 is 11.6 Å². The minimum atomic E-state index is -4.83. The van der Waals surface area contributed by atoms with Gasteiger partial charge in [-0.25, -0.2) is 14.1 Å². The van der Waals surface area contributed by atoms with Crippen molar-refractivity contribution in [1.29, 1.82) is 5.26 Å². The van der Waals surface area contributed by atoms with Crippen LogP contribution in [0.15, 0.2) is 71.3 Å². The zero-order valence-corrected chi connectivity index (χ0v) is 23.2. The zero-order valence-electron chi connectivity index (χ0n) is 22.3. The van der Waals surface area contributed by atoms with Gasteiger partial charge in [0.15, 0.2) is 17.3 Å². The van der Waals surface area contributed by atoms with Crippen LogP contribution in [0.1, 0.15) is 22.7 Å². The van der Waals surface area contributed by atoms with E-state index in [2.05, 4.69) is 14.8 Å². The summed E-state index contributed by atoms with van der Waals surface area (Å²) >= 11 is -0.750. The Kier molecular flexibility index (Phi) is 9.18. The van der Waals surface area contributed by atoms with Crippen LogP contribution in [0.25, 0.3) is 39.4 Å². The molecule has 0 aliphatic heterocycles. The highest BCUT2D eigenvalue weighted by molar-refractivity contribution is 7.51. The first-order valence-corrected chi connectivity index (χ1v) is 12.9. The van der Waals surface area contributed by atoms with Gasteiger partial charge < -0.3 is 14.3 Å². The van der Waals surface area contributed by atoms with Gasteiger partial charge in [0.1, 0.15) is 23.3 Å². The maximum atomic E-state index is 14.7. The molecule has 0 amide bonds. The lowest BCUT2D eigenvalue weighted by Crippen LogP contribution is -2.16. The van der Waals surface area contributed by atoms with Crippen molar-refractivity contribution in [2.24, 2.45) is 0 Å². The summed E-state index contributed by atoms with van der Waals surface area (Å²) in [6, 6.07) is 17.0. The topological polar surface area (TPSA) is 131 Å². The Morgan fingerprint density at radius 2 is 1.70 bits per heavy atom. The molecule has 43 heavy (non-hydrogen) atoms. The molecule has 5 aromatic rings. The molecule has 0 saturated carbocycles. The van der Waals surface area contributed by atoms with Crippen LogP contribution in [-0.4, -0.2) is 34.7 Å². The number of aryl methyl sites for hydroxylation is 2. The number of hydrogen-bond donors (Lipinski definition) is 1. The maximum Gasteiger partial charge on any atom is 0.573 e. The van der Waals surface area contributed by atoms with Crippen LogP contribution in [-0.2, 0) is 18.2 Å². The van der Waals surface area contributed by atoms with Gasteiger partial charge in [-0.15, -0.1) is 13.2 Å². The lowest BCUT2D eigenvalue weighted by Gasteiger charge is -2.14. The molecule has 0 aliphatic carbocycles. The van der Waals surface area contributed by atoms with E-state index in [1.807, 2.05) is 6.07 Å². The Hall–Kier alpha value is -5.13. The van der Waals surface area contributed by atoms with E-state index in [-0.39, 0.29) is 22.8 Å². The molecule has 0 spiro atoms. The van der Waals surface area contributed by atoms with E-state index >= 15 is 0 Å². The molecule has 0 atom stereocenters. The maximum absolute atomic E-state index is 14.7. The van der Waals surface area contributed by atoms with Crippen molar-refractivity contribution in [3.63, 3.8) is 0 Å². The third-order valence-corrected chi connectivity index (χ3v) is 6.20. The quantitative estimate of drug-likeness (QED) is 0.224. The summed E-state index contributed by atoms with van der Waals surface area (Å²) in [7, 11) is 0. The number of oxazole rings is 1. The van der Waals surface area contributed by atoms with Gasteiger partial charge in [0.05, 0.1) is 12.3 Å². The van der Waals surface area contributed by atoms with Crippen LogP contribution < -0.4 is 4.74 Å². The van der Waals surface area contributed by atoms with Crippen LogP contribution in [0.3, 0.4) is 0 Å². The minimum Gasteiger partial charge on any atom is -0.440 e. The van der Waals surface area contributed by atoms with Crippen molar-refractivity contribution in [2.75, 3.05) is 0 Å². The Labute approximate surface area is 245 Å². The smallest absolute Gasteiger partial charge is 0.440 e. The molecule has 0 radical (unpaired) electrons. The molecule has 1 N–H and O–H groups in total. The normalized spacial score (nSPS) is 10.9. The van der Waals surface area contributed by atoms with Crippen molar-refractivity contribution < 1.29 is 40.2 Å². The van der Waals surface area contributed by atoms with Crippen molar-refractivity contribution in [2.45, 2.75) is 26.8 Å². The Bertz CT molecular complexity index is 1830. The second kappa shape index (κ2) is 12.8. The second-order valence-electron chi connectivity index (χ2n) is 8.95. The van der Waals surface area contributed by atoms with Crippen LogP contribution >= 0.6 is 0 Å². The summed E-state index contributed by atoms with van der Waals surface area (Å²) in [5.41, 5.74) is 3.94. The number of aliphatic hydroxyl groups excluding tert-OH is 1. The van der Waals surface area contributed by atoms with Crippen molar-refractivity contribution in [3.05, 3.63) is 95.4 Å². The van der Waals surface area contributed by atoms with Gasteiger partial charge in [0.25, 0.3) is 0 Å². The zero-order chi connectivity index (χ0) is 31.3. The number of aromatic nitrogens is 3. The lowest BCUT2D eigenvalue weighted by molar-refractivity contribution is -0.274. The number of hydrogen-bond acceptors (Lipinski definition) is 8. The van der Waals surface area contributed by atoms with E-state index < -0.39 is 30.4 Å². The first kappa shape index (κ1) is 30.8. The molecule has 0 fully saturated rings. The summed E-state index contributed by atoms with van der Waals surface area (Å²) in [5, 5.41) is 23.0. The molecule has 0 bridgehead atoms. The summed E-state index contributed by atoms with van der Waals surface area (Å²) < 4.78 is 80.7. The van der Waals surface area contributed by atoms with Gasteiger partial charge in [-0.3, -0.25) is 0 Å². The second-order valence-corrected chi connectivity index (χ2v) is 9.09. The molecular weight excluding hydrogens is 592 g/mol. The number of aliphatic hydroxyl groups is 1. The highest BCUT2D eigenvalue weighted by Gasteiger charge is 2.31. The van der Waals surface area contributed by atoms with E-state index in [0.29, 0.717) is 45.1 Å². The van der Waals surface area contributed by atoms with E-state index in [9.17, 15) is 27.9 Å². The van der Waals surface area contributed by atoms with Crippen LogP contribution in [0.4, 0.5) is 17.6 Å². The highest BCUT2D eigenvalue weighted by Crippen LogP contribution is 2.39. The fraction of sp³-hybridized carbons (Fsp3) is 0.138. The average molecular weight is 613 g/mol. The molecular formula is C29H20F4N4O5S. The third-order valence-electron chi connectivity index (χ3n) is 6.20. The largest absolute Gasteiger partial charge is 0.573 e. The fourth-order valence-electron chi connectivity index (χ4n) is 4.38. The lowest BCUT2D eigenvalue weighted by atomic mass is 9.96. The molecule has 3 aromatic carbocycles. The Morgan fingerprint density at radius 3 is 2.28 bits per heavy atom. The van der Waals surface area contributed by atoms with E-state index in [0.717, 1.165) is 0 Å². The molecule has 5 rings (SSSR count). The molecule has 14 heteroatoms. The van der Waals surface area contributed by atoms with Gasteiger partial charge in [-0.05, 0) is 72.1 Å².